The van der Waals surface area contributed by atoms with Crippen molar-refractivity contribution in [2.45, 2.75) is 13.1 Å². The summed E-state index contributed by atoms with van der Waals surface area (Å²) in [4.78, 5) is 15.7. The van der Waals surface area contributed by atoms with E-state index in [0.717, 1.165) is 5.69 Å². The Bertz CT molecular complexity index is 475. The van der Waals surface area contributed by atoms with E-state index in [2.05, 4.69) is 20.5 Å². The Hall–Kier alpha value is -2.15. The molecule has 0 fully saturated rings. The molecule has 2 heterocycles. The third-order valence-electron chi connectivity index (χ3n) is 2.25. The molecule has 0 spiro atoms. The highest BCUT2D eigenvalue weighted by Gasteiger charge is 2.08. The first-order chi connectivity index (χ1) is 8.29. The van der Waals surface area contributed by atoms with Crippen molar-refractivity contribution in [3.63, 3.8) is 0 Å². The molecule has 0 bridgehead atoms. The number of aromatic amines is 1. The first kappa shape index (κ1) is 11.3. The lowest BCUT2D eigenvalue weighted by atomic mass is 10.4. The molecule has 2 rings (SSSR count). The Kier molecular flexibility index (Phi) is 3.51. The van der Waals surface area contributed by atoms with Crippen molar-refractivity contribution < 1.29 is 4.79 Å². The molecule has 2 aromatic heterocycles. The molecule has 0 saturated heterocycles. The monoisotopic (exact) mass is 234 g/mol. The van der Waals surface area contributed by atoms with Gasteiger partial charge in [-0.05, 0) is 6.07 Å². The van der Waals surface area contributed by atoms with Gasteiger partial charge in [-0.3, -0.25) is 9.89 Å². The van der Waals surface area contributed by atoms with Gasteiger partial charge < -0.3 is 15.6 Å². The lowest BCUT2D eigenvalue weighted by Crippen LogP contribution is -2.23. The molecule has 0 atom stereocenters. The van der Waals surface area contributed by atoms with Gasteiger partial charge in [0.15, 0.2) is 0 Å². The molecule has 0 aliphatic carbocycles. The molecule has 7 nitrogen and oxygen atoms in total. The molecule has 0 unspecified atom stereocenters. The molecular formula is C10H14N6O. The number of nitrogens with two attached hydrogens (primary N) is 1. The van der Waals surface area contributed by atoms with Crippen LogP contribution in [0.4, 0.5) is 0 Å². The summed E-state index contributed by atoms with van der Waals surface area (Å²) in [6.45, 7) is 1.58. The van der Waals surface area contributed by atoms with Gasteiger partial charge in [-0.2, -0.15) is 5.10 Å². The highest BCUT2D eigenvalue weighted by Crippen LogP contribution is 1.97. The smallest absolute Gasteiger partial charge is 0.271 e. The van der Waals surface area contributed by atoms with Crippen molar-refractivity contribution >= 4 is 5.91 Å². The zero-order valence-electron chi connectivity index (χ0n) is 9.26. The molecule has 90 valence electrons. The number of imidazole rings is 1. The van der Waals surface area contributed by atoms with Gasteiger partial charge >= 0.3 is 0 Å². The maximum atomic E-state index is 11.7. The van der Waals surface area contributed by atoms with Crippen LogP contribution in [-0.4, -0.2) is 32.2 Å². The van der Waals surface area contributed by atoms with E-state index in [9.17, 15) is 4.79 Å². The number of amides is 1. The van der Waals surface area contributed by atoms with Crippen molar-refractivity contribution in [1.29, 1.82) is 0 Å². The molecule has 0 saturated carbocycles. The summed E-state index contributed by atoms with van der Waals surface area (Å²) in [5, 5.41) is 9.29. The summed E-state index contributed by atoms with van der Waals surface area (Å²) >= 11 is 0. The zero-order chi connectivity index (χ0) is 12.1. The van der Waals surface area contributed by atoms with E-state index in [4.69, 9.17) is 5.73 Å². The molecule has 17 heavy (non-hydrogen) atoms. The van der Waals surface area contributed by atoms with Gasteiger partial charge in [0, 0.05) is 25.5 Å². The van der Waals surface area contributed by atoms with Crippen molar-refractivity contribution in [2.24, 2.45) is 5.73 Å². The average molecular weight is 234 g/mol. The maximum absolute atomic E-state index is 11.7. The topological polar surface area (TPSA) is 102 Å². The SMILES string of the molecule is NCCn1cnc(C(=O)NCc2ccn[nH]2)c1. The first-order valence-corrected chi connectivity index (χ1v) is 5.28. The van der Waals surface area contributed by atoms with Gasteiger partial charge in [0.05, 0.1) is 18.6 Å². The number of aromatic nitrogens is 4. The minimum atomic E-state index is -0.213. The second kappa shape index (κ2) is 5.26. The Balaban J connectivity index is 1.90. The standard InChI is InChI=1S/C10H14N6O/c11-2-4-16-6-9(13-7-16)10(17)12-5-8-1-3-14-15-8/h1,3,6-7H,2,4-5,11H2,(H,12,17)(H,14,15). The predicted octanol–water partition coefficient (Wildman–Crippen LogP) is -0.505. The predicted molar refractivity (Wildman–Crippen MR) is 61.0 cm³/mol. The number of rotatable bonds is 5. The minimum Gasteiger partial charge on any atom is -0.345 e. The zero-order valence-corrected chi connectivity index (χ0v) is 9.26. The Morgan fingerprint density at radius 2 is 2.47 bits per heavy atom. The van der Waals surface area contributed by atoms with Crippen LogP contribution in [0.1, 0.15) is 16.2 Å². The Morgan fingerprint density at radius 1 is 1.59 bits per heavy atom. The van der Waals surface area contributed by atoms with Crippen LogP contribution in [-0.2, 0) is 13.1 Å². The van der Waals surface area contributed by atoms with E-state index >= 15 is 0 Å². The summed E-state index contributed by atoms with van der Waals surface area (Å²) < 4.78 is 1.78. The minimum absolute atomic E-state index is 0.213. The van der Waals surface area contributed by atoms with Gasteiger partial charge in [0.25, 0.3) is 5.91 Å². The first-order valence-electron chi connectivity index (χ1n) is 5.28. The van der Waals surface area contributed by atoms with Crippen LogP contribution in [0, 0.1) is 0 Å². The lowest BCUT2D eigenvalue weighted by molar-refractivity contribution is 0.0946. The fraction of sp³-hybridized carbons (Fsp3) is 0.300. The van der Waals surface area contributed by atoms with Crippen LogP contribution in [0.15, 0.2) is 24.8 Å². The van der Waals surface area contributed by atoms with E-state index in [1.807, 2.05) is 0 Å². The molecular weight excluding hydrogens is 220 g/mol. The van der Waals surface area contributed by atoms with Gasteiger partial charge in [0.1, 0.15) is 5.69 Å². The largest absolute Gasteiger partial charge is 0.345 e. The van der Waals surface area contributed by atoms with Gasteiger partial charge in [-0.1, -0.05) is 0 Å². The molecule has 0 aromatic carbocycles. The number of hydrogen-bond acceptors (Lipinski definition) is 4. The highest BCUT2D eigenvalue weighted by atomic mass is 16.1. The average Bonchev–Trinajstić information content (AvgIpc) is 2.97. The Morgan fingerprint density at radius 3 is 3.18 bits per heavy atom. The quantitative estimate of drug-likeness (QED) is 0.648. The maximum Gasteiger partial charge on any atom is 0.271 e. The Labute approximate surface area is 98.0 Å². The van der Waals surface area contributed by atoms with E-state index < -0.39 is 0 Å². The van der Waals surface area contributed by atoms with Gasteiger partial charge in [-0.15, -0.1) is 0 Å². The molecule has 2 aromatic rings. The fourth-order valence-corrected chi connectivity index (χ4v) is 1.40. The third kappa shape index (κ3) is 2.91. The van der Waals surface area contributed by atoms with Crippen LogP contribution in [0.3, 0.4) is 0 Å². The van der Waals surface area contributed by atoms with Crippen LogP contribution in [0.2, 0.25) is 0 Å². The van der Waals surface area contributed by atoms with Crippen LogP contribution in [0.25, 0.3) is 0 Å². The van der Waals surface area contributed by atoms with Crippen molar-refractivity contribution in [1.82, 2.24) is 25.1 Å². The number of hydrogen-bond donors (Lipinski definition) is 3. The summed E-state index contributed by atoms with van der Waals surface area (Å²) in [6, 6.07) is 1.80. The molecule has 0 aliphatic rings. The second-order valence-corrected chi connectivity index (χ2v) is 3.55. The summed E-state index contributed by atoms with van der Waals surface area (Å²) in [6.07, 6.45) is 4.91. The number of carbonyl (C=O) groups is 1. The highest BCUT2D eigenvalue weighted by molar-refractivity contribution is 5.91. The van der Waals surface area contributed by atoms with Crippen LogP contribution in [0.5, 0.6) is 0 Å². The summed E-state index contributed by atoms with van der Waals surface area (Å²) in [7, 11) is 0. The van der Waals surface area contributed by atoms with Gasteiger partial charge in [0.2, 0.25) is 0 Å². The van der Waals surface area contributed by atoms with Crippen LogP contribution >= 0.6 is 0 Å². The molecule has 4 N–H and O–H groups in total. The number of nitrogens with one attached hydrogen (secondary N) is 2. The second-order valence-electron chi connectivity index (χ2n) is 3.55. The van der Waals surface area contributed by atoms with E-state index in [1.54, 1.807) is 29.4 Å². The molecule has 7 heteroatoms. The number of carbonyl (C=O) groups excluding carboxylic acids is 1. The normalized spacial score (nSPS) is 10.4. The van der Waals surface area contributed by atoms with Crippen molar-refractivity contribution in [2.75, 3.05) is 6.54 Å². The number of nitrogens with zero attached hydrogens (tertiary/aromatic N) is 3. The van der Waals surface area contributed by atoms with E-state index in [0.29, 0.717) is 25.3 Å². The van der Waals surface area contributed by atoms with E-state index in [1.165, 1.54) is 0 Å². The number of H-pyrrole nitrogens is 1. The van der Waals surface area contributed by atoms with Crippen LogP contribution < -0.4 is 11.1 Å². The third-order valence-corrected chi connectivity index (χ3v) is 2.25. The van der Waals surface area contributed by atoms with Crippen molar-refractivity contribution in [3.05, 3.63) is 36.2 Å². The molecule has 1 amide bonds. The van der Waals surface area contributed by atoms with E-state index in [-0.39, 0.29) is 5.91 Å². The lowest BCUT2D eigenvalue weighted by Gasteiger charge is -2.00. The fourth-order valence-electron chi connectivity index (χ4n) is 1.40. The summed E-state index contributed by atoms with van der Waals surface area (Å²) in [5.41, 5.74) is 6.64. The van der Waals surface area contributed by atoms with Gasteiger partial charge in [-0.25, -0.2) is 4.98 Å². The summed E-state index contributed by atoms with van der Waals surface area (Å²) in [5.74, 6) is -0.213. The molecule has 0 aliphatic heterocycles. The van der Waals surface area contributed by atoms with Crippen molar-refractivity contribution in [3.8, 4) is 0 Å². The molecule has 0 radical (unpaired) electrons.